The molecule has 0 aliphatic carbocycles. The van der Waals surface area contributed by atoms with Gasteiger partial charge in [0.15, 0.2) is 0 Å². The van der Waals surface area contributed by atoms with E-state index in [9.17, 15) is 4.79 Å². The summed E-state index contributed by atoms with van der Waals surface area (Å²) in [4.78, 5) is 17.1. The third-order valence-corrected chi connectivity index (χ3v) is 3.75. The van der Waals surface area contributed by atoms with Crippen molar-refractivity contribution in [2.45, 2.75) is 6.42 Å². The molecule has 3 rings (SSSR count). The van der Waals surface area contributed by atoms with Crippen LogP contribution in [0, 0.1) is 0 Å². The zero-order valence-corrected chi connectivity index (χ0v) is 12.6. The summed E-state index contributed by atoms with van der Waals surface area (Å²) in [6.45, 7) is 3.73. The Morgan fingerprint density at radius 1 is 1.14 bits per heavy atom. The quantitative estimate of drug-likeness (QED) is 0.847. The topological polar surface area (TPSA) is 77.2 Å². The highest BCUT2D eigenvalue weighted by molar-refractivity contribution is 5.23. The van der Waals surface area contributed by atoms with Gasteiger partial charge in [0.1, 0.15) is 5.69 Å². The summed E-state index contributed by atoms with van der Waals surface area (Å²) >= 11 is 0. The van der Waals surface area contributed by atoms with Crippen LogP contribution < -0.4 is 11.0 Å². The van der Waals surface area contributed by atoms with Crippen molar-refractivity contribution in [1.82, 2.24) is 25.1 Å². The van der Waals surface area contributed by atoms with Gasteiger partial charge in [0.2, 0.25) is 5.95 Å². The number of hydrazine groups is 1. The highest BCUT2D eigenvalue weighted by atomic mass is 16.1. The molecule has 1 saturated heterocycles. The molecular formula is C15H20N6O. The van der Waals surface area contributed by atoms with Crippen molar-refractivity contribution in [3.8, 4) is 0 Å². The Labute approximate surface area is 129 Å². The Balaban J connectivity index is 1.66. The molecule has 116 valence electrons. The van der Waals surface area contributed by atoms with Crippen LogP contribution in [0.25, 0.3) is 0 Å². The lowest BCUT2D eigenvalue weighted by Gasteiger charge is -2.32. The zero-order valence-electron chi connectivity index (χ0n) is 12.6. The van der Waals surface area contributed by atoms with E-state index in [1.807, 2.05) is 35.3 Å². The molecule has 1 aromatic heterocycles. The average molecular weight is 300 g/mol. The molecule has 0 amide bonds. The molecule has 1 aliphatic heterocycles. The first-order valence-electron chi connectivity index (χ1n) is 7.40. The lowest BCUT2D eigenvalue weighted by Crippen LogP contribution is -2.47. The first kappa shape index (κ1) is 14.7. The molecule has 7 heteroatoms. The first-order chi connectivity index (χ1) is 10.7. The van der Waals surface area contributed by atoms with Gasteiger partial charge >= 0.3 is 0 Å². The Morgan fingerprint density at radius 3 is 2.55 bits per heavy atom. The molecule has 0 bridgehead atoms. The number of hydrogen-bond donors (Lipinski definition) is 2. The Bertz CT molecular complexity index is 663. The van der Waals surface area contributed by atoms with Crippen LogP contribution in [0.5, 0.6) is 0 Å². The van der Waals surface area contributed by atoms with Crippen molar-refractivity contribution >= 4 is 5.95 Å². The number of aromatic nitrogens is 3. The van der Waals surface area contributed by atoms with Gasteiger partial charge in [0.05, 0.1) is 0 Å². The van der Waals surface area contributed by atoms with Crippen LogP contribution in [0.1, 0.15) is 11.3 Å². The summed E-state index contributed by atoms with van der Waals surface area (Å²) in [6.07, 6.45) is 0.484. The predicted molar refractivity (Wildman–Crippen MR) is 84.6 cm³/mol. The minimum Gasteiger partial charge on any atom is -0.304 e. The van der Waals surface area contributed by atoms with Crippen molar-refractivity contribution in [3.63, 3.8) is 0 Å². The van der Waals surface area contributed by atoms with Crippen LogP contribution in [0.15, 0.2) is 35.1 Å². The van der Waals surface area contributed by atoms with Gasteiger partial charge in [-0.2, -0.15) is 0 Å². The van der Waals surface area contributed by atoms with E-state index in [4.69, 9.17) is 0 Å². The van der Waals surface area contributed by atoms with Gasteiger partial charge in [0.25, 0.3) is 5.56 Å². The molecule has 22 heavy (non-hydrogen) atoms. The maximum atomic E-state index is 12.1. The number of hydrogen-bond acceptors (Lipinski definition) is 6. The van der Waals surface area contributed by atoms with Crippen LogP contribution in [0.4, 0.5) is 5.95 Å². The molecule has 1 aromatic carbocycles. The second-order valence-corrected chi connectivity index (χ2v) is 5.51. The third kappa shape index (κ3) is 3.69. The molecule has 1 aliphatic rings. The highest BCUT2D eigenvalue weighted by Gasteiger charge is 2.14. The molecule has 2 N–H and O–H groups in total. The number of likely N-dealkylation sites (N-methyl/N-ethyl adjacent to an activating group) is 1. The van der Waals surface area contributed by atoms with Gasteiger partial charge in [-0.3, -0.25) is 15.2 Å². The van der Waals surface area contributed by atoms with E-state index < -0.39 is 0 Å². The lowest BCUT2D eigenvalue weighted by molar-refractivity contribution is 0.178. The number of piperazine rings is 1. The van der Waals surface area contributed by atoms with Crippen molar-refractivity contribution in [3.05, 3.63) is 51.9 Å². The van der Waals surface area contributed by atoms with Crippen LogP contribution in [-0.4, -0.2) is 58.3 Å². The van der Waals surface area contributed by atoms with Crippen molar-refractivity contribution in [1.29, 1.82) is 0 Å². The molecule has 2 aromatic rings. The van der Waals surface area contributed by atoms with E-state index in [1.165, 1.54) is 0 Å². The highest BCUT2D eigenvalue weighted by Crippen LogP contribution is 2.04. The van der Waals surface area contributed by atoms with E-state index in [0.717, 1.165) is 31.7 Å². The second-order valence-electron chi connectivity index (χ2n) is 5.51. The van der Waals surface area contributed by atoms with Crippen molar-refractivity contribution in [2.75, 3.05) is 38.7 Å². The molecular weight excluding hydrogens is 280 g/mol. The molecule has 0 spiro atoms. The fourth-order valence-corrected chi connectivity index (χ4v) is 2.38. The molecule has 1 fully saturated rings. The van der Waals surface area contributed by atoms with Gasteiger partial charge in [-0.1, -0.05) is 30.3 Å². The molecule has 0 unspecified atom stereocenters. The molecule has 7 nitrogen and oxygen atoms in total. The van der Waals surface area contributed by atoms with E-state index in [2.05, 4.69) is 32.6 Å². The number of H-pyrrole nitrogens is 1. The maximum Gasteiger partial charge on any atom is 0.274 e. The normalized spacial score (nSPS) is 16.6. The zero-order chi connectivity index (χ0) is 15.4. The fraction of sp³-hybridized carbons (Fsp3) is 0.400. The summed E-state index contributed by atoms with van der Waals surface area (Å²) in [5.41, 5.74) is 4.38. The summed E-state index contributed by atoms with van der Waals surface area (Å²) in [5.74, 6) is 0.395. The van der Waals surface area contributed by atoms with Crippen molar-refractivity contribution in [2.24, 2.45) is 0 Å². The molecule has 0 saturated carbocycles. The summed E-state index contributed by atoms with van der Waals surface area (Å²) in [7, 11) is 2.09. The van der Waals surface area contributed by atoms with E-state index >= 15 is 0 Å². The largest absolute Gasteiger partial charge is 0.304 e. The van der Waals surface area contributed by atoms with Crippen LogP contribution in [0.3, 0.4) is 0 Å². The monoisotopic (exact) mass is 300 g/mol. The standard InChI is InChI=1S/C15H20N6O/c1-20-7-9-21(10-8-20)19-15-16-14(22)13(17-18-15)11-12-5-3-2-4-6-12/h2-6H,7-11H2,1H3,(H2,16,18,19,22). The smallest absolute Gasteiger partial charge is 0.274 e. The summed E-state index contributed by atoms with van der Waals surface area (Å²) in [6, 6.07) is 9.78. The number of nitrogens with one attached hydrogen (secondary N) is 2. The molecule has 2 heterocycles. The van der Waals surface area contributed by atoms with E-state index in [-0.39, 0.29) is 5.56 Å². The van der Waals surface area contributed by atoms with Gasteiger partial charge in [-0.25, -0.2) is 5.01 Å². The average Bonchev–Trinajstić information content (AvgIpc) is 2.53. The number of aromatic amines is 1. The van der Waals surface area contributed by atoms with Crippen molar-refractivity contribution < 1.29 is 0 Å². The Morgan fingerprint density at radius 2 is 1.86 bits per heavy atom. The van der Waals surface area contributed by atoms with E-state index in [0.29, 0.717) is 18.1 Å². The molecule has 0 radical (unpaired) electrons. The number of rotatable bonds is 4. The van der Waals surface area contributed by atoms with E-state index in [1.54, 1.807) is 0 Å². The number of anilines is 1. The molecule has 0 atom stereocenters. The first-order valence-corrected chi connectivity index (χ1v) is 7.40. The Hall–Kier alpha value is -2.25. The van der Waals surface area contributed by atoms with Gasteiger partial charge in [-0.15, -0.1) is 10.2 Å². The van der Waals surface area contributed by atoms with Crippen LogP contribution >= 0.6 is 0 Å². The third-order valence-electron chi connectivity index (χ3n) is 3.75. The lowest BCUT2D eigenvalue weighted by atomic mass is 10.1. The minimum atomic E-state index is -0.199. The van der Waals surface area contributed by atoms with Crippen LogP contribution in [-0.2, 0) is 6.42 Å². The SMILES string of the molecule is CN1CCN(Nc2nnc(Cc3ccccc3)c(=O)[nH]2)CC1. The second kappa shape index (κ2) is 6.67. The number of benzene rings is 1. The van der Waals surface area contributed by atoms with Gasteiger partial charge in [-0.05, 0) is 12.6 Å². The maximum absolute atomic E-state index is 12.1. The minimum absolute atomic E-state index is 0.199. The summed E-state index contributed by atoms with van der Waals surface area (Å²) in [5, 5.41) is 10.2. The van der Waals surface area contributed by atoms with Gasteiger partial charge in [0, 0.05) is 32.6 Å². The van der Waals surface area contributed by atoms with Crippen LogP contribution in [0.2, 0.25) is 0 Å². The summed E-state index contributed by atoms with van der Waals surface area (Å²) < 4.78 is 0. The number of nitrogens with zero attached hydrogens (tertiary/aromatic N) is 4. The fourth-order valence-electron chi connectivity index (χ4n) is 2.38. The van der Waals surface area contributed by atoms with Gasteiger partial charge < -0.3 is 4.90 Å². The predicted octanol–water partition coefficient (Wildman–Crippen LogP) is 0.330. The Kier molecular flexibility index (Phi) is 4.45.